The third kappa shape index (κ3) is 5.89. The van der Waals surface area contributed by atoms with Gasteiger partial charge in [0.05, 0.1) is 11.5 Å². The molecule has 5 atom stereocenters. The first-order valence-electron chi connectivity index (χ1n) is 15.1. The zero-order chi connectivity index (χ0) is 29.9. The molecule has 40 heavy (non-hydrogen) atoms. The third-order valence-electron chi connectivity index (χ3n) is 9.09. The smallest absolute Gasteiger partial charge is 0.313 e. The summed E-state index contributed by atoms with van der Waals surface area (Å²) in [5.41, 5.74) is -2.44. The molecule has 3 aliphatic rings. The Kier molecular flexibility index (Phi) is 9.99. The van der Waals surface area contributed by atoms with Crippen molar-refractivity contribution in [3.63, 3.8) is 0 Å². The highest BCUT2D eigenvalue weighted by Gasteiger charge is 2.79. The number of aliphatic hydroxyl groups is 1. The minimum Gasteiger partial charge on any atom is -0.461 e. The largest absolute Gasteiger partial charge is 0.461 e. The van der Waals surface area contributed by atoms with Crippen LogP contribution >= 0.6 is 0 Å². The Hall–Kier alpha value is -2.19. The van der Waals surface area contributed by atoms with E-state index in [1.807, 2.05) is 11.8 Å². The topological polar surface area (TPSA) is 96.4 Å². The average molecular weight is 561 g/mol. The fraction of sp³-hybridized carbons (Fsp3) is 0.781. The summed E-state index contributed by atoms with van der Waals surface area (Å²) in [6, 6.07) is -0.826. The summed E-state index contributed by atoms with van der Waals surface area (Å²) in [6.07, 6.45) is 8.80. The molecule has 2 amide bonds. The first-order chi connectivity index (χ1) is 18.7. The standard InChI is InChI=1S/C32H52N2O6/c1-9-18-34(30(7,8)22-29(4,5)6)27(37)25-32-17-16-31(11-3,40-32)24(28(38)39-21-10-2)23(32)26(36)33(25)19-14-12-13-15-20-35/h9-10,23-25,35H,1-2,11-22H2,3-8H3/t23-,24+,25?,31-,32?/m0/s1. The molecule has 0 aliphatic carbocycles. The van der Waals surface area contributed by atoms with Gasteiger partial charge < -0.3 is 24.4 Å². The minimum absolute atomic E-state index is 0.0313. The molecule has 1 spiro atoms. The molecule has 3 saturated heterocycles. The van der Waals surface area contributed by atoms with Crippen molar-refractivity contribution in [2.24, 2.45) is 17.3 Å². The van der Waals surface area contributed by atoms with E-state index in [2.05, 4.69) is 47.8 Å². The van der Waals surface area contributed by atoms with E-state index in [1.54, 1.807) is 11.0 Å². The number of unbranched alkanes of at least 4 members (excludes halogenated alkanes) is 3. The van der Waals surface area contributed by atoms with Crippen molar-refractivity contribution in [1.29, 1.82) is 0 Å². The number of likely N-dealkylation sites (tertiary alicyclic amines) is 1. The number of hydrogen-bond donors (Lipinski definition) is 1. The molecule has 2 bridgehead atoms. The second kappa shape index (κ2) is 12.4. The summed E-state index contributed by atoms with van der Waals surface area (Å²) in [5, 5.41) is 9.18. The van der Waals surface area contributed by atoms with E-state index in [-0.39, 0.29) is 30.4 Å². The monoisotopic (exact) mass is 560 g/mol. The summed E-state index contributed by atoms with van der Waals surface area (Å²) in [4.78, 5) is 46.1. The summed E-state index contributed by atoms with van der Waals surface area (Å²) in [6.45, 7) is 21.1. The van der Waals surface area contributed by atoms with Crippen LogP contribution in [0.3, 0.4) is 0 Å². The van der Waals surface area contributed by atoms with E-state index in [1.165, 1.54) is 6.08 Å². The Morgan fingerprint density at radius 2 is 1.80 bits per heavy atom. The Morgan fingerprint density at radius 3 is 2.38 bits per heavy atom. The molecule has 0 aromatic carbocycles. The highest BCUT2D eigenvalue weighted by atomic mass is 16.6. The van der Waals surface area contributed by atoms with Crippen LogP contribution in [-0.4, -0.2) is 81.8 Å². The van der Waals surface area contributed by atoms with Crippen molar-refractivity contribution in [2.45, 2.75) is 116 Å². The maximum Gasteiger partial charge on any atom is 0.313 e. The number of hydrogen-bond acceptors (Lipinski definition) is 6. The zero-order valence-corrected chi connectivity index (χ0v) is 25.7. The van der Waals surface area contributed by atoms with Gasteiger partial charge in [0.2, 0.25) is 11.8 Å². The highest BCUT2D eigenvalue weighted by Crippen LogP contribution is 2.64. The van der Waals surface area contributed by atoms with Crippen LogP contribution in [0.2, 0.25) is 0 Å². The highest BCUT2D eigenvalue weighted by molar-refractivity contribution is 5.98. The molecule has 3 aliphatic heterocycles. The number of aliphatic hydroxyl groups excluding tert-OH is 1. The summed E-state index contributed by atoms with van der Waals surface area (Å²) >= 11 is 0. The molecule has 8 heteroatoms. The van der Waals surface area contributed by atoms with Gasteiger partial charge in [0, 0.05) is 25.2 Å². The number of rotatable bonds is 15. The lowest BCUT2D eigenvalue weighted by atomic mass is 9.65. The van der Waals surface area contributed by atoms with Crippen LogP contribution in [0.1, 0.15) is 92.9 Å². The van der Waals surface area contributed by atoms with Gasteiger partial charge in [-0.1, -0.05) is 59.3 Å². The molecule has 3 fully saturated rings. The van der Waals surface area contributed by atoms with Gasteiger partial charge in [-0.25, -0.2) is 0 Å². The molecule has 3 heterocycles. The van der Waals surface area contributed by atoms with E-state index in [4.69, 9.17) is 9.47 Å². The van der Waals surface area contributed by atoms with Crippen LogP contribution in [0.4, 0.5) is 0 Å². The number of ether oxygens (including phenoxy) is 2. The average Bonchev–Trinajstić information content (AvgIpc) is 3.47. The van der Waals surface area contributed by atoms with Gasteiger partial charge in [0.25, 0.3) is 0 Å². The first kappa shape index (κ1) is 32.3. The van der Waals surface area contributed by atoms with Crippen LogP contribution in [0, 0.1) is 17.3 Å². The van der Waals surface area contributed by atoms with E-state index < -0.39 is 40.6 Å². The van der Waals surface area contributed by atoms with E-state index >= 15 is 0 Å². The van der Waals surface area contributed by atoms with Crippen molar-refractivity contribution < 1.29 is 29.0 Å². The Bertz CT molecular complexity index is 971. The second-order valence-corrected chi connectivity index (χ2v) is 13.7. The predicted octanol–water partition coefficient (Wildman–Crippen LogP) is 4.65. The van der Waals surface area contributed by atoms with Crippen LogP contribution in [0.25, 0.3) is 0 Å². The Morgan fingerprint density at radius 1 is 1.12 bits per heavy atom. The minimum atomic E-state index is -1.08. The lowest BCUT2D eigenvalue weighted by molar-refractivity contribution is -0.162. The molecule has 0 aromatic heterocycles. The molecule has 2 unspecified atom stereocenters. The van der Waals surface area contributed by atoms with E-state index in [0.29, 0.717) is 45.2 Å². The van der Waals surface area contributed by atoms with Gasteiger partial charge in [0.1, 0.15) is 24.2 Å². The first-order valence-corrected chi connectivity index (χ1v) is 15.1. The fourth-order valence-corrected chi connectivity index (χ4v) is 7.88. The second-order valence-electron chi connectivity index (χ2n) is 13.7. The quantitative estimate of drug-likeness (QED) is 0.178. The van der Waals surface area contributed by atoms with E-state index in [0.717, 1.165) is 19.3 Å². The number of esters is 1. The van der Waals surface area contributed by atoms with Crippen LogP contribution in [0.5, 0.6) is 0 Å². The SMILES string of the molecule is C=CCOC(=O)[C@H]1[C@H]2C(=O)N(CCCCCCO)C(C(=O)N(CC=C)C(C)(C)CC(C)(C)C)C23CC[C@]1(CC)O3. The summed E-state index contributed by atoms with van der Waals surface area (Å²) < 4.78 is 12.4. The van der Waals surface area contributed by atoms with Gasteiger partial charge in [-0.05, 0) is 57.8 Å². The maximum absolute atomic E-state index is 14.8. The van der Waals surface area contributed by atoms with Crippen molar-refractivity contribution in [3.8, 4) is 0 Å². The third-order valence-corrected chi connectivity index (χ3v) is 9.09. The lowest BCUT2D eigenvalue weighted by Gasteiger charge is -2.45. The zero-order valence-electron chi connectivity index (χ0n) is 25.7. The van der Waals surface area contributed by atoms with Crippen molar-refractivity contribution in [3.05, 3.63) is 25.3 Å². The molecule has 1 N–H and O–H groups in total. The number of carbonyl (C=O) groups excluding carboxylic acids is 3. The van der Waals surface area contributed by atoms with Gasteiger partial charge in [-0.3, -0.25) is 14.4 Å². The van der Waals surface area contributed by atoms with Gasteiger partial charge in [-0.15, -0.1) is 6.58 Å². The molecule has 0 radical (unpaired) electrons. The Balaban J connectivity index is 2.07. The van der Waals surface area contributed by atoms with Gasteiger partial charge in [0.15, 0.2) is 0 Å². The van der Waals surface area contributed by atoms with Crippen molar-refractivity contribution in [2.75, 3.05) is 26.3 Å². The summed E-state index contributed by atoms with van der Waals surface area (Å²) in [5.74, 6) is -2.31. The van der Waals surface area contributed by atoms with Gasteiger partial charge in [-0.2, -0.15) is 0 Å². The number of fused-ring (bicyclic) bond motifs is 1. The molecule has 3 rings (SSSR count). The molecule has 226 valence electrons. The molecule has 0 aromatic rings. The van der Waals surface area contributed by atoms with Crippen LogP contribution in [0.15, 0.2) is 25.3 Å². The fourth-order valence-electron chi connectivity index (χ4n) is 7.88. The Labute approximate surface area is 241 Å². The van der Waals surface area contributed by atoms with Gasteiger partial charge >= 0.3 is 5.97 Å². The maximum atomic E-state index is 14.8. The van der Waals surface area contributed by atoms with Crippen molar-refractivity contribution in [1.82, 2.24) is 9.80 Å². The van der Waals surface area contributed by atoms with E-state index in [9.17, 15) is 19.5 Å². The normalized spacial score (nSPS) is 29.4. The molecule has 0 saturated carbocycles. The number of amides is 2. The molecular formula is C32H52N2O6. The predicted molar refractivity (Wildman–Crippen MR) is 155 cm³/mol. The summed E-state index contributed by atoms with van der Waals surface area (Å²) in [7, 11) is 0. The van der Waals surface area contributed by atoms with Crippen LogP contribution in [-0.2, 0) is 23.9 Å². The molecular weight excluding hydrogens is 508 g/mol. The van der Waals surface area contributed by atoms with Crippen LogP contribution < -0.4 is 0 Å². The van der Waals surface area contributed by atoms with Crippen molar-refractivity contribution >= 4 is 17.8 Å². The lowest BCUT2D eigenvalue weighted by Crippen LogP contribution is -2.61. The molecule has 8 nitrogen and oxygen atoms in total. The number of nitrogens with zero attached hydrogens (tertiary/aromatic N) is 2. The number of carbonyl (C=O) groups is 3.